The third-order valence-electron chi connectivity index (χ3n) is 6.13. The first-order valence-electron chi connectivity index (χ1n) is 11.0. The summed E-state index contributed by atoms with van der Waals surface area (Å²) < 4.78 is 0. The zero-order chi connectivity index (χ0) is 22.8. The van der Waals surface area contributed by atoms with Crippen LogP contribution in [0.2, 0.25) is 0 Å². The van der Waals surface area contributed by atoms with Crippen LogP contribution < -0.4 is 10.6 Å². The van der Waals surface area contributed by atoms with Crippen LogP contribution in [0.15, 0.2) is 79.4 Å². The highest BCUT2D eigenvalue weighted by atomic mass is 16.2. The van der Waals surface area contributed by atoms with Gasteiger partial charge in [0.15, 0.2) is 0 Å². The van der Waals surface area contributed by atoms with Crippen molar-refractivity contribution in [1.82, 2.24) is 15.3 Å². The van der Waals surface area contributed by atoms with Crippen molar-refractivity contribution >= 4 is 28.3 Å². The first-order chi connectivity index (χ1) is 16.1. The van der Waals surface area contributed by atoms with Crippen molar-refractivity contribution in [1.29, 1.82) is 0 Å². The molecule has 33 heavy (non-hydrogen) atoms. The minimum absolute atomic E-state index is 0.0318. The molecule has 4 aromatic rings. The number of carbonyl (C=O) groups is 2. The number of pyridine rings is 2. The van der Waals surface area contributed by atoms with E-state index in [9.17, 15) is 9.59 Å². The Balaban J connectivity index is 1.18. The highest BCUT2D eigenvalue weighted by Gasteiger charge is 2.43. The van der Waals surface area contributed by atoms with E-state index in [2.05, 4.69) is 20.6 Å². The molecular formula is C27H24N4O2. The Labute approximate surface area is 192 Å². The molecule has 5 rings (SSSR count). The molecule has 2 N–H and O–H groups in total. The van der Waals surface area contributed by atoms with Crippen molar-refractivity contribution in [3.8, 4) is 0 Å². The minimum Gasteiger partial charge on any atom is -0.348 e. The number of aryl methyl sites for hydroxylation is 1. The first kappa shape index (κ1) is 20.8. The number of nitrogens with zero attached hydrogens (tertiary/aromatic N) is 2. The average molecular weight is 437 g/mol. The molecule has 2 amide bonds. The Hall–Kier alpha value is -4.06. The molecule has 1 aliphatic rings. The van der Waals surface area contributed by atoms with E-state index < -0.39 is 0 Å². The third-order valence-corrected chi connectivity index (χ3v) is 6.13. The number of hydrogen-bond acceptors (Lipinski definition) is 4. The quantitative estimate of drug-likeness (QED) is 0.462. The largest absolute Gasteiger partial charge is 0.348 e. The molecule has 164 valence electrons. The SMILES string of the molecule is Cc1cncc2ccc(NC(=O)C3CC3c3ccc(C(=O)NCc4cccnc4)cc3)cc12. The van der Waals surface area contributed by atoms with Crippen LogP contribution in [0.5, 0.6) is 0 Å². The Morgan fingerprint density at radius 3 is 2.64 bits per heavy atom. The lowest BCUT2D eigenvalue weighted by atomic mass is 10.1. The molecule has 2 aromatic carbocycles. The molecule has 0 bridgehead atoms. The maximum Gasteiger partial charge on any atom is 0.251 e. The standard InChI is InChI=1S/C27H24N4O2/c1-17-13-29-16-21-8-9-22(11-23(17)21)31-27(33)25-12-24(25)19-4-6-20(7-5-19)26(32)30-15-18-3-2-10-28-14-18/h2-11,13-14,16,24-25H,12,15H2,1H3,(H,30,32)(H,31,33). The smallest absolute Gasteiger partial charge is 0.251 e. The summed E-state index contributed by atoms with van der Waals surface area (Å²) in [7, 11) is 0. The van der Waals surface area contributed by atoms with Crippen molar-refractivity contribution in [2.45, 2.75) is 25.8 Å². The number of amides is 2. The third kappa shape index (κ3) is 4.60. The number of benzene rings is 2. The van der Waals surface area contributed by atoms with Gasteiger partial charge in [0.25, 0.3) is 5.91 Å². The summed E-state index contributed by atoms with van der Waals surface area (Å²) in [6, 6.07) is 17.2. The van der Waals surface area contributed by atoms with E-state index in [0.717, 1.165) is 39.6 Å². The number of rotatable bonds is 6. The van der Waals surface area contributed by atoms with Crippen LogP contribution in [0.1, 0.15) is 39.4 Å². The summed E-state index contributed by atoms with van der Waals surface area (Å²) in [5, 5.41) is 8.11. The molecule has 1 fully saturated rings. The molecule has 0 radical (unpaired) electrons. The van der Waals surface area contributed by atoms with Gasteiger partial charge >= 0.3 is 0 Å². The van der Waals surface area contributed by atoms with Crippen LogP contribution in [0.4, 0.5) is 5.69 Å². The number of nitrogens with one attached hydrogen (secondary N) is 2. The topological polar surface area (TPSA) is 84.0 Å². The van der Waals surface area contributed by atoms with E-state index in [-0.39, 0.29) is 23.7 Å². The molecule has 2 atom stereocenters. The highest BCUT2D eigenvalue weighted by Crippen LogP contribution is 2.48. The van der Waals surface area contributed by atoms with Crippen molar-refractivity contribution in [2.24, 2.45) is 5.92 Å². The highest BCUT2D eigenvalue weighted by molar-refractivity contribution is 5.98. The van der Waals surface area contributed by atoms with Crippen LogP contribution in [0.3, 0.4) is 0 Å². The second-order valence-corrected chi connectivity index (χ2v) is 8.50. The fraction of sp³-hybridized carbons (Fsp3) is 0.185. The summed E-state index contributed by atoms with van der Waals surface area (Å²) in [6.07, 6.45) is 7.91. The molecule has 2 aromatic heterocycles. The first-order valence-corrected chi connectivity index (χ1v) is 11.0. The summed E-state index contributed by atoms with van der Waals surface area (Å²) in [5.41, 5.74) is 4.52. The summed E-state index contributed by atoms with van der Waals surface area (Å²) in [5.74, 6) is 0.0371. The van der Waals surface area contributed by atoms with Gasteiger partial charge in [0, 0.05) is 53.9 Å². The fourth-order valence-electron chi connectivity index (χ4n) is 4.14. The Kier molecular flexibility index (Phi) is 5.57. The van der Waals surface area contributed by atoms with Crippen LogP contribution >= 0.6 is 0 Å². The molecule has 2 heterocycles. The van der Waals surface area contributed by atoms with Crippen molar-refractivity contribution < 1.29 is 9.59 Å². The normalized spacial score (nSPS) is 16.9. The Morgan fingerprint density at radius 1 is 1.00 bits per heavy atom. The lowest BCUT2D eigenvalue weighted by Crippen LogP contribution is -2.22. The van der Waals surface area contributed by atoms with Crippen LogP contribution in [0.25, 0.3) is 10.8 Å². The minimum atomic E-state index is -0.128. The number of hydrogen-bond donors (Lipinski definition) is 2. The molecule has 0 spiro atoms. The van der Waals surface area contributed by atoms with E-state index in [1.165, 1.54) is 0 Å². The second kappa shape index (κ2) is 8.82. The fourth-order valence-corrected chi connectivity index (χ4v) is 4.14. The summed E-state index contributed by atoms with van der Waals surface area (Å²) in [6.45, 7) is 2.45. The van der Waals surface area contributed by atoms with E-state index >= 15 is 0 Å². The molecule has 6 nitrogen and oxygen atoms in total. The molecule has 1 saturated carbocycles. The van der Waals surface area contributed by atoms with Gasteiger partial charge in [-0.05, 0) is 71.7 Å². The van der Waals surface area contributed by atoms with Crippen molar-refractivity contribution in [3.63, 3.8) is 0 Å². The van der Waals surface area contributed by atoms with Gasteiger partial charge in [-0.2, -0.15) is 0 Å². The maximum absolute atomic E-state index is 12.8. The lowest BCUT2D eigenvalue weighted by Gasteiger charge is -2.08. The predicted molar refractivity (Wildman–Crippen MR) is 128 cm³/mol. The zero-order valence-electron chi connectivity index (χ0n) is 18.3. The monoisotopic (exact) mass is 436 g/mol. The lowest BCUT2D eigenvalue weighted by molar-refractivity contribution is -0.117. The van der Waals surface area contributed by atoms with Gasteiger partial charge in [-0.25, -0.2) is 0 Å². The van der Waals surface area contributed by atoms with E-state index in [0.29, 0.717) is 12.1 Å². The van der Waals surface area contributed by atoms with Crippen molar-refractivity contribution in [3.05, 3.63) is 102 Å². The predicted octanol–water partition coefficient (Wildman–Crippen LogP) is 4.61. The van der Waals surface area contributed by atoms with Gasteiger partial charge < -0.3 is 10.6 Å². The molecule has 0 aliphatic heterocycles. The van der Waals surface area contributed by atoms with Gasteiger partial charge in [-0.3, -0.25) is 19.6 Å². The number of anilines is 1. The van der Waals surface area contributed by atoms with E-state index in [4.69, 9.17) is 0 Å². The van der Waals surface area contributed by atoms with E-state index in [1.54, 1.807) is 12.4 Å². The van der Waals surface area contributed by atoms with Crippen LogP contribution in [-0.4, -0.2) is 21.8 Å². The number of carbonyl (C=O) groups excluding carboxylic acids is 2. The Morgan fingerprint density at radius 2 is 1.85 bits per heavy atom. The molecular weight excluding hydrogens is 412 g/mol. The molecule has 6 heteroatoms. The second-order valence-electron chi connectivity index (χ2n) is 8.50. The average Bonchev–Trinajstić information content (AvgIpc) is 3.65. The zero-order valence-corrected chi connectivity index (χ0v) is 18.3. The van der Waals surface area contributed by atoms with Gasteiger partial charge in [0.2, 0.25) is 5.91 Å². The van der Waals surface area contributed by atoms with E-state index in [1.807, 2.05) is 73.9 Å². The Bertz CT molecular complexity index is 1320. The van der Waals surface area contributed by atoms with Gasteiger partial charge in [0.05, 0.1) is 0 Å². The molecule has 1 aliphatic carbocycles. The number of fused-ring (bicyclic) bond motifs is 1. The van der Waals surface area contributed by atoms with Crippen LogP contribution in [0, 0.1) is 12.8 Å². The molecule has 0 saturated heterocycles. The number of aromatic nitrogens is 2. The molecule has 2 unspecified atom stereocenters. The van der Waals surface area contributed by atoms with Crippen LogP contribution in [-0.2, 0) is 11.3 Å². The van der Waals surface area contributed by atoms with Gasteiger partial charge in [0.1, 0.15) is 0 Å². The summed E-state index contributed by atoms with van der Waals surface area (Å²) >= 11 is 0. The van der Waals surface area contributed by atoms with Gasteiger partial charge in [-0.15, -0.1) is 0 Å². The maximum atomic E-state index is 12.8. The van der Waals surface area contributed by atoms with Gasteiger partial charge in [-0.1, -0.05) is 24.3 Å². The van der Waals surface area contributed by atoms with Crippen molar-refractivity contribution in [2.75, 3.05) is 5.32 Å². The summed E-state index contributed by atoms with van der Waals surface area (Å²) in [4.78, 5) is 33.5.